The third-order valence-corrected chi connectivity index (χ3v) is 5.33. The normalized spacial score (nSPS) is 10.8. The summed E-state index contributed by atoms with van der Waals surface area (Å²) in [6.45, 7) is 0.879. The zero-order valence-corrected chi connectivity index (χ0v) is 18.1. The Hall–Kier alpha value is -3.90. The standard InChI is InChI=1S/C27H25NO5/c29-18-26(30)22-8-7-21-13-15-28(27(31)25(21)17-22)14-4-16-32-23-9-11-24(12-10-23)33-19-20-5-2-1-3-6-20/h1-3,5-13,15,17,29H,4,14,16,18-19H2. The van der Waals surface area contributed by atoms with Crippen LogP contribution in [0.3, 0.4) is 0 Å². The number of nitrogens with zero attached hydrogens (tertiary/aromatic N) is 1. The summed E-state index contributed by atoms with van der Waals surface area (Å²) < 4.78 is 13.2. The highest BCUT2D eigenvalue weighted by molar-refractivity contribution is 6.00. The van der Waals surface area contributed by atoms with Gasteiger partial charge in [0.2, 0.25) is 0 Å². The number of carbonyl (C=O) groups excluding carboxylic acids is 1. The fourth-order valence-electron chi connectivity index (χ4n) is 3.52. The molecule has 0 aliphatic rings. The van der Waals surface area contributed by atoms with Crippen molar-refractivity contribution in [3.63, 3.8) is 0 Å². The van der Waals surface area contributed by atoms with Crippen LogP contribution in [-0.2, 0) is 13.2 Å². The highest BCUT2D eigenvalue weighted by Crippen LogP contribution is 2.19. The van der Waals surface area contributed by atoms with Gasteiger partial charge in [-0.2, -0.15) is 0 Å². The topological polar surface area (TPSA) is 77.8 Å². The SMILES string of the molecule is O=C(CO)c1ccc2ccn(CCCOc3ccc(OCc4ccccc4)cc3)c(=O)c2c1. The molecule has 1 N–H and O–H groups in total. The number of aliphatic hydroxyl groups is 1. The summed E-state index contributed by atoms with van der Waals surface area (Å²) in [5.41, 5.74) is 1.28. The molecule has 0 fully saturated rings. The molecule has 0 aliphatic heterocycles. The molecule has 1 heterocycles. The summed E-state index contributed by atoms with van der Waals surface area (Å²) >= 11 is 0. The number of carbonyl (C=O) groups is 1. The van der Waals surface area contributed by atoms with Crippen molar-refractivity contribution in [2.45, 2.75) is 19.6 Å². The lowest BCUT2D eigenvalue weighted by Gasteiger charge is -2.10. The second kappa shape index (κ2) is 10.6. The van der Waals surface area contributed by atoms with Crippen LogP contribution in [0.2, 0.25) is 0 Å². The predicted molar refractivity (Wildman–Crippen MR) is 127 cm³/mol. The maximum atomic E-state index is 12.8. The van der Waals surface area contributed by atoms with Gasteiger partial charge < -0.3 is 19.1 Å². The maximum absolute atomic E-state index is 12.8. The van der Waals surface area contributed by atoms with Crippen molar-refractivity contribution >= 4 is 16.6 Å². The molecule has 6 nitrogen and oxygen atoms in total. The van der Waals surface area contributed by atoms with Crippen LogP contribution in [0.15, 0.2) is 89.9 Å². The van der Waals surface area contributed by atoms with Crippen LogP contribution in [0, 0.1) is 0 Å². The van der Waals surface area contributed by atoms with Crippen LogP contribution in [0.1, 0.15) is 22.3 Å². The maximum Gasteiger partial charge on any atom is 0.258 e. The smallest absolute Gasteiger partial charge is 0.258 e. The van der Waals surface area contributed by atoms with Gasteiger partial charge in [-0.15, -0.1) is 0 Å². The summed E-state index contributed by atoms with van der Waals surface area (Å²) in [6.07, 6.45) is 2.39. The van der Waals surface area contributed by atoms with E-state index in [9.17, 15) is 9.59 Å². The van der Waals surface area contributed by atoms with Crippen molar-refractivity contribution in [3.8, 4) is 11.5 Å². The zero-order chi connectivity index (χ0) is 23.0. The van der Waals surface area contributed by atoms with Crippen LogP contribution in [0.25, 0.3) is 10.8 Å². The molecule has 33 heavy (non-hydrogen) atoms. The Morgan fingerprint density at radius 2 is 1.61 bits per heavy atom. The van der Waals surface area contributed by atoms with Crippen LogP contribution in [-0.4, -0.2) is 28.7 Å². The van der Waals surface area contributed by atoms with Crippen LogP contribution in [0.5, 0.6) is 11.5 Å². The first kappa shape index (κ1) is 22.3. The Kier molecular flexibility index (Phi) is 7.17. The minimum atomic E-state index is -0.579. The number of rotatable bonds is 10. The lowest BCUT2D eigenvalue weighted by atomic mass is 10.1. The number of hydrogen-bond acceptors (Lipinski definition) is 5. The summed E-state index contributed by atoms with van der Waals surface area (Å²) in [5.74, 6) is 1.10. The van der Waals surface area contributed by atoms with Crippen molar-refractivity contribution in [1.29, 1.82) is 0 Å². The van der Waals surface area contributed by atoms with Gasteiger partial charge in [0.25, 0.3) is 5.56 Å². The van der Waals surface area contributed by atoms with Gasteiger partial charge in [0.1, 0.15) is 24.7 Å². The molecule has 4 aromatic rings. The number of ether oxygens (including phenoxy) is 2. The summed E-state index contributed by atoms with van der Waals surface area (Å²) in [5, 5.41) is 10.3. The van der Waals surface area contributed by atoms with Crippen molar-refractivity contribution in [2.24, 2.45) is 0 Å². The van der Waals surface area contributed by atoms with Gasteiger partial charge in [0, 0.05) is 23.7 Å². The fraction of sp³-hybridized carbons (Fsp3) is 0.185. The molecule has 0 amide bonds. The predicted octanol–water partition coefficient (Wildman–Crippen LogP) is 4.22. The number of hydrogen-bond donors (Lipinski definition) is 1. The highest BCUT2D eigenvalue weighted by Gasteiger charge is 2.08. The van der Waals surface area contributed by atoms with E-state index in [0.29, 0.717) is 37.1 Å². The molecular formula is C27H25NO5. The van der Waals surface area contributed by atoms with Crippen molar-refractivity contribution in [2.75, 3.05) is 13.2 Å². The monoisotopic (exact) mass is 443 g/mol. The quantitative estimate of drug-likeness (QED) is 0.293. The van der Waals surface area contributed by atoms with Crippen LogP contribution < -0.4 is 15.0 Å². The number of pyridine rings is 1. The van der Waals surface area contributed by atoms with E-state index >= 15 is 0 Å². The largest absolute Gasteiger partial charge is 0.494 e. The van der Waals surface area contributed by atoms with Gasteiger partial charge in [0.05, 0.1) is 6.61 Å². The third-order valence-electron chi connectivity index (χ3n) is 5.33. The number of aryl methyl sites for hydroxylation is 1. The molecular weight excluding hydrogens is 418 g/mol. The van der Waals surface area contributed by atoms with Gasteiger partial charge >= 0.3 is 0 Å². The second-order valence-electron chi connectivity index (χ2n) is 7.65. The molecule has 0 radical (unpaired) electrons. The van der Waals surface area contributed by atoms with Gasteiger partial charge in [0.15, 0.2) is 5.78 Å². The minimum absolute atomic E-state index is 0.167. The fourth-order valence-corrected chi connectivity index (χ4v) is 3.52. The van der Waals surface area contributed by atoms with Gasteiger partial charge in [-0.1, -0.05) is 42.5 Å². The molecule has 168 valence electrons. The van der Waals surface area contributed by atoms with E-state index in [1.807, 2.05) is 60.7 Å². The van der Waals surface area contributed by atoms with E-state index in [4.69, 9.17) is 14.6 Å². The second-order valence-corrected chi connectivity index (χ2v) is 7.65. The summed E-state index contributed by atoms with van der Waals surface area (Å²) in [7, 11) is 0. The Balaban J connectivity index is 1.30. The van der Waals surface area contributed by atoms with E-state index in [0.717, 1.165) is 22.4 Å². The lowest BCUT2D eigenvalue weighted by Crippen LogP contribution is -2.21. The van der Waals surface area contributed by atoms with E-state index < -0.39 is 12.4 Å². The van der Waals surface area contributed by atoms with E-state index in [2.05, 4.69) is 0 Å². The van der Waals surface area contributed by atoms with E-state index in [1.165, 1.54) is 0 Å². The zero-order valence-electron chi connectivity index (χ0n) is 18.1. The lowest BCUT2D eigenvalue weighted by molar-refractivity contribution is 0.0904. The molecule has 0 bridgehead atoms. The van der Waals surface area contributed by atoms with Crippen LogP contribution in [0.4, 0.5) is 0 Å². The molecule has 1 aromatic heterocycles. The van der Waals surface area contributed by atoms with Crippen molar-refractivity contribution in [1.82, 2.24) is 4.57 Å². The number of Topliss-reactive ketones (excluding diaryl/α,β-unsaturated/α-hetero) is 1. The molecule has 0 saturated heterocycles. The number of aliphatic hydroxyl groups excluding tert-OH is 1. The highest BCUT2D eigenvalue weighted by atomic mass is 16.5. The Morgan fingerprint density at radius 3 is 2.33 bits per heavy atom. The summed E-state index contributed by atoms with van der Waals surface area (Å²) in [4.78, 5) is 24.5. The van der Waals surface area contributed by atoms with E-state index in [1.54, 1.807) is 29.0 Å². The van der Waals surface area contributed by atoms with E-state index in [-0.39, 0.29) is 5.56 Å². The number of fused-ring (bicyclic) bond motifs is 1. The molecule has 0 atom stereocenters. The molecule has 0 saturated carbocycles. The third kappa shape index (κ3) is 5.67. The number of benzene rings is 3. The first-order valence-electron chi connectivity index (χ1n) is 10.8. The summed E-state index contributed by atoms with van der Waals surface area (Å²) in [6, 6.07) is 24.2. The van der Waals surface area contributed by atoms with Crippen molar-refractivity contribution in [3.05, 3.63) is 107 Å². The van der Waals surface area contributed by atoms with Gasteiger partial charge in [-0.25, -0.2) is 0 Å². The average molecular weight is 443 g/mol. The Labute approximate surface area is 191 Å². The Bertz CT molecular complexity index is 1280. The molecule has 4 rings (SSSR count). The molecule has 6 heteroatoms. The molecule has 0 spiro atoms. The number of aromatic nitrogens is 1. The van der Waals surface area contributed by atoms with Gasteiger partial charge in [-0.3, -0.25) is 9.59 Å². The molecule has 0 aliphatic carbocycles. The van der Waals surface area contributed by atoms with Gasteiger partial charge in [-0.05, 0) is 53.8 Å². The average Bonchev–Trinajstić information content (AvgIpc) is 2.87. The molecule has 0 unspecified atom stereocenters. The number of ketones is 1. The Morgan fingerprint density at radius 1 is 0.879 bits per heavy atom. The first-order valence-corrected chi connectivity index (χ1v) is 10.8. The first-order chi connectivity index (χ1) is 16.1. The minimum Gasteiger partial charge on any atom is -0.494 e. The van der Waals surface area contributed by atoms with Crippen molar-refractivity contribution < 1.29 is 19.4 Å². The molecule has 3 aromatic carbocycles. The van der Waals surface area contributed by atoms with Crippen LogP contribution >= 0.6 is 0 Å².